The molecule has 3 rings (SSSR count). The molecule has 0 aliphatic carbocycles. The number of imide groups is 1. The van der Waals surface area contributed by atoms with Crippen LogP contribution < -0.4 is 10.6 Å². The molecule has 21 heavy (non-hydrogen) atoms. The van der Waals surface area contributed by atoms with Gasteiger partial charge in [-0.05, 0) is 18.2 Å². The smallest absolute Gasteiger partial charge is 0.281 e. The summed E-state index contributed by atoms with van der Waals surface area (Å²) in [6, 6.07) is 9.89. The Morgan fingerprint density at radius 2 is 2.05 bits per heavy atom. The number of H-pyrrole nitrogens is 1. The molecule has 0 bridgehead atoms. The average Bonchev–Trinajstić information content (AvgIpc) is 2.98. The predicted molar refractivity (Wildman–Crippen MR) is 78.9 cm³/mol. The number of rotatable bonds is 2. The monoisotopic (exact) mass is 283 g/mol. The molecule has 0 fully saturated rings. The topological polar surface area (TPSA) is 92.3 Å². The maximum absolute atomic E-state index is 12.6. The van der Waals surface area contributed by atoms with E-state index in [0.29, 0.717) is 22.5 Å². The van der Waals surface area contributed by atoms with Crippen LogP contribution >= 0.6 is 0 Å². The number of amides is 2. The lowest BCUT2D eigenvalue weighted by Gasteiger charge is -2.18. The molecule has 2 aromatic heterocycles. The Kier molecular flexibility index (Phi) is 2.98. The minimum Gasteiger partial charge on any atom is -0.463 e. The van der Waals surface area contributed by atoms with E-state index in [1.165, 1.54) is 13.2 Å². The molecule has 0 aliphatic heterocycles. The number of aromatic nitrogens is 1. The van der Waals surface area contributed by atoms with Gasteiger partial charge in [-0.25, -0.2) is 4.90 Å². The lowest BCUT2D eigenvalue weighted by molar-refractivity contribution is -0.115. The van der Waals surface area contributed by atoms with E-state index in [1.807, 2.05) is 0 Å². The average molecular weight is 283 g/mol. The van der Waals surface area contributed by atoms with E-state index in [1.54, 1.807) is 36.4 Å². The van der Waals surface area contributed by atoms with Gasteiger partial charge in [0.2, 0.25) is 5.91 Å². The van der Waals surface area contributed by atoms with E-state index >= 15 is 0 Å². The lowest BCUT2D eigenvalue weighted by Crippen LogP contribution is -2.35. The van der Waals surface area contributed by atoms with Gasteiger partial charge in [0.25, 0.3) is 5.91 Å². The van der Waals surface area contributed by atoms with E-state index in [9.17, 15) is 9.59 Å². The van der Waals surface area contributed by atoms with Gasteiger partial charge in [-0.3, -0.25) is 9.59 Å². The first-order chi connectivity index (χ1) is 10.1. The van der Waals surface area contributed by atoms with E-state index in [0.717, 1.165) is 4.90 Å². The number of nitrogen functional groups attached to an aromatic ring is 1. The third-order valence-electron chi connectivity index (χ3n) is 3.12. The predicted octanol–water partition coefficient (Wildman–Crippen LogP) is 2.54. The third kappa shape index (κ3) is 2.27. The molecule has 6 heteroatoms. The van der Waals surface area contributed by atoms with E-state index in [2.05, 4.69) is 4.98 Å². The number of aromatic amines is 1. The summed E-state index contributed by atoms with van der Waals surface area (Å²) in [5.41, 5.74) is 8.16. The van der Waals surface area contributed by atoms with Crippen LogP contribution in [0.2, 0.25) is 0 Å². The van der Waals surface area contributed by atoms with Gasteiger partial charge in [0.1, 0.15) is 5.69 Å². The van der Waals surface area contributed by atoms with Crippen LogP contribution in [0.1, 0.15) is 17.4 Å². The van der Waals surface area contributed by atoms with Crippen LogP contribution in [0, 0.1) is 0 Å². The number of anilines is 2. The molecule has 0 saturated heterocycles. The largest absolute Gasteiger partial charge is 0.463 e. The second-order valence-electron chi connectivity index (χ2n) is 4.64. The van der Waals surface area contributed by atoms with Crippen molar-refractivity contribution in [3.63, 3.8) is 0 Å². The molecule has 1 aromatic carbocycles. The summed E-state index contributed by atoms with van der Waals surface area (Å²) in [7, 11) is 0. The van der Waals surface area contributed by atoms with Crippen LogP contribution in [-0.4, -0.2) is 16.8 Å². The van der Waals surface area contributed by atoms with Gasteiger partial charge in [0, 0.05) is 24.7 Å². The van der Waals surface area contributed by atoms with Gasteiger partial charge < -0.3 is 15.1 Å². The zero-order chi connectivity index (χ0) is 15.0. The molecule has 6 nitrogen and oxygen atoms in total. The molecule has 0 unspecified atom stereocenters. The van der Waals surface area contributed by atoms with Crippen LogP contribution in [0.3, 0.4) is 0 Å². The molecule has 106 valence electrons. The summed E-state index contributed by atoms with van der Waals surface area (Å²) >= 11 is 0. The Labute approximate surface area is 120 Å². The fraction of sp³-hybridized carbons (Fsp3) is 0.0667. The third-order valence-corrected chi connectivity index (χ3v) is 3.12. The highest BCUT2D eigenvalue weighted by atomic mass is 16.3. The van der Waals surface area contributed by atoms with Gasteiger partial charge in [0.15, 0.2) is 5.58 Å². The Morgan fingerprint density at radius 1 is 1.24 bits per heavy atom. The van der Waals surface area contributed by atoms with Crippen molar-refractivity contribution in [1.29, 1.82) is 0 Å². The molecule has 0 spiro atoms. The van der Waals surface area contributed by atoms with Crippen LogP contribution in [0.15, 0.2) is 47.1 Å². The number of nitrogens with zero attached hydrogens (tertiary/aromatic N) is 1. The first kappa shape index (κ1) is 13.0. The first-order valence-corrected chi connectivity index (χ1v) is 6.33. The van der Waals surface area contributed by atoms with Gasteiger partial charge >= 0.3 is 0 Å². The molecule has 2 heterocycles. The van der Waals surface area contributed by atoms with Crippen molar-refractivity contribution < 1.29 is 14.0 Å². The Hall–Kier alpha value is -3.02. The van der Waals surface area contributed by atoms with Crippen molar-refractivity contribution >= 4 is 34.3 Å². The zero-order valence-electron chi connectivity index (χ0n) is 11.3. The molecule has 2 amide bonds. The van der Waals surface area contributed by atoms with Gasteiger partial charge in [0.05, 0.1) is 17.5 Å². The fourth-order valence-electron chi connectivity index (χ4n) is 2.19. The summed E-state index contributed by atoms with van der Waals surface area (Å²) in [4.78, 5) is 28.4. The zero-order valence-corrected chi connectivity index (χ0v) is 11.3. The van der Waals surface area contributed by atoms with Crippen molar-refractivity contribution in [2.45, 2.75) is 6.92 Å². The highest BCUT2D eigenvalue weighted by molar-refractivity contribution is 6.20. The number of fused-ring (bicyclic) bond motifs is 1. The maximum atomic E-state index is 12.6. The number of benzene rings is 1. The summed E-state index contributed by atoms with van der Waals surface area (Å²) in [5.74, 6) is -0.851. The highest BCUT2D eigenvalue weighted by Crippen LogP contribution is 2.22. The second kappa shape index (κ2) is 4.82. The fourth-order valence-corrected chi connectivity index (χ4v) is 2.19. The first-order valence-electron chi connectivity index (χ1n) is 6.33. The van der Waals surface area contributed by atoms with Gasteiger partial charge in [-0.15, -0.1) is 0 Å². The minimum absolute atomic E-state index is 0.280. The minimum atomic E-state index is -0.459. The number of carbonyl (C=O) groups is 2. The lowest BCUT2D eigenvalue weighted by atomic mass is 10.2. The summed E-state index contributed by atoms with van der Waals surface area (Å²) < 4.78 is 5.21. The van der Waals surface area contributed by atoms with Crippen molar-refractivity contribution in [3.05, 3.63) is 48.4 Å². The van der Waals surface area contributed by atoms with E-state index in [-0.39, 0.29) is 5.69 Å². The summed E-state index contributed by atoms with van der Waals surface area (Å²) in [6.07, 6.45) is 1.52. The van der Waals surface area contributed by atoms with Crippen molar-refractivity contribution in [3.8, 4) is 0 Å². The number of nitrogens with two attached hydrogens (primary N) is 1. The maximum Gasteiger partial charge on any atom is 0.281 e. The normalized spacial score (nSPS) is 10.7. The second-order valence-corrected chi connectivity index (χ2v) is 4.64. The highest BCUT2D eigenvalue weighted by Gasteiger charge is 2.24. The molecule has 0 atom stereocenters. The molecule has 3 N–H and O–H groups in total. The van der Waals surface area contributed by atoms with Crippen LogP contribution in [0.4, 0.5) is 11.4 Å². The number of hydrogen-bond donors (Lipinski definition) is 2. The van der Waals surface area contributed by atoms with Crippen LogP contribution in [-0.2, 0) is 4.79 Å². The SMILES string of the molecule is CC(=O)N(C(=O)c1cc2occc2[nH]1)c1cccc(N)c1. The summed E-state index contributed by atoms with van der Waals surface area (Å²) in [6.45, 7) is 1.33. The molecule has 0 radical (unpaired) electrons. The van der Waals surface area contributed by atoms with Crippen molar-refractivity contribution in [1.82, 2.24) is 4.98 Å². The van der Waals surface area contributed by atoms with Crippen LogP contribution in [0.5, 0.6) is 0 Å². The quantitative estimate of drug-likeness (QED) is 0.707. The van der Waals surface area contributed by atoms with Crippen molar-refractivity contribution in [2.24, 2.45) is 0 Å². The molecular formula is C15H13N3O3. The molecule has 3 aromatic rings. The Morgan fingerprint density at radius 3 is 2.71 bits per heavy atom. The van der Waals surface area contributed by atoms with Gasteiger partial charge in [-0.2, -0.15) is 0 Å². The van der Waals surface area contributed by atoms with Crippen molar-refractivity contribution in [2.75, 3.05) is 10.6 Å². The molecule has 0 aliphatic rings. The van der Waals surface area contributed by atoms with Crippen LogP contribution in [0.25, 0.3) is 11.1 Å². The number of hydrogen-bond acceptors (Lipinski definition) is 4. The standard InChI is InChI=1S/C15H13N3O3/c1-9(19)18(11-4-2-3-10(16)7-11)15(20)13-8-14-12(17-13)5-6-21-14/h2-8,17H,16H2,1H3. The number of nitrogens with one attached hydrogen (secondary N) is 1. The molecular weight excluding hydrogens is 270 g/mol. The number of furan rings is 1. The van der Waals surface area contributed by atoms with E-state index in [4.69, 9.17) is 10.2 Å². The number of carbonyl (C=O) groups excluding carboxylic acids is 2. The van der Waals surface area contributed by atoms with Gasteiger partial charge in [-0.1, -0.05) is 6.07 Å². The molecule has 0 saturated carbocycles. The Balaban J connectivity index is 2.02. The van der Waals surface area contributed by atoms with E-state index < -0.39 is 11.8 Å². The Bertz CT molecular complexity index is 803. The summed E-state index contributed by atoms with van der Waals surface area (Å²) in [5, 5.41) is 0.